The number of aromatic amines is 1. The van der Waals surface area contributed by atoms with Gasteiger partial charge in [-0.25, -0.2) is 4.79 Å². The fraction of sp³-hybridized carbons (Fsp3) is 0.700. The molecule has 0 spiro atoms. The second-order valence-electron chi connectivity index (χ2n) is 8.38. The van der Waals surface area contributed by atoms with E-state index < -0.39 is 42.4 Å². The summed E-state index contributed by atoms with van der Waals surface area (Å²) in [4.78, 5) is 26.7. The van der Waals surface area contributed by atoms with Crippen molar-refractivity contribution in [1.82, 2.24) is 9.55 Å². The first kappa shape index (κ1) is 23.5. The first-order valence-electron chi connectivity index (χ1n) is 9.87. The molecule has 2 heterocycles. The molecule has 1 aromatic rings. The van der Waals surface area contributed by atoms with Gasteiger partial charge < -0.3 is 25.4 Å². The lowest BCUT2D eigenvalue weighted by Gasteiger charge is -2.26. The van der Waals surface area contributed by atoms with Crippen molar-refractivity contribution in [2.45, 2.75) is 70.1 Å². The summed E-state index contributed by atoms with van der Waals surface area (Å²) in [6, 6.07) is 0. The lowest BCUT2D eigenvalue weighted by molar-refractivity contribution is -0.0625. The molecule has 9 heteroatoms. The number of aromatic nitrogens is 2. The summed E-state index contributed by atoms with van der Waals surface area (Å²) >= 11 is 0. The van der Waals surface area contributed by atoms with Gasteiger partial charge in [0.2, 0.25) is 0 Å². The van der Waals surface area contributed by atoms with E-state index in [0.717, 1.165) is 12.8 Å². The van der Waals surface area contributed by atoms with Crippen LogP contribution in [0.15, 0.2) is 21.9 Å². The first-order chi connectivity index (χ1) is 13.6. The third-order valence-electron chi connectivity index (χ3n) is 5.09. The number of hydrogen-bond acceptors (Lipinski definition) is 7. The van der Waals surface area contributed by atoms with Crippen molar-refractivity contribution in [3.8, 4) is 0 Å². The number of rotatable bonds is 9. The molecule has 0 amide bonds. The molecule has 5 N–H and O–H groups in total. The van der Waals surface area contributed by atoms with Gasteiger partial charge in [0.1, 0.15) is 18.3 Å². The Morgan fingerprint density at radius 1 is 1.45 bits per heavy atom. The maximum absolute atomic E-state index is 12.3. The molecule has 0 saturated carbocycles. The Morgan fingerprint density at radius 2 is 2.14 bits per heavy atom. The predicted octanol–water partition coefficient (Wildman–Crippen LogP) is 0.359. The van der Waals surface area contributed by atoms with Crippen LogP contribution < -0.4 is 17.0 Å². The SMILES string of the molecule is CO[C@@H]1[C@H](O)[C@@H](CO)O[C@H]1n1cc(C=CCCC(C)(N)CC(C)C)c(=O)[nH]c1=O. The van der Waals surface area contributed by atoms with Crippen LogP contribution in [0.3, 0.4) is 0 Å². The molecule has 1 aliphatic heterocycles. The summed E-state index contributed by atoms with van der Waals surface area (Å²) in [7, 11) is 1.38. The number of aliphatic hydroxyl groups is 2. The molecule has 9 nitrogen and oxygen atoms in total. The molecule has 0 radical (unpaired) electrons. The van der Waals surface area contributed by atoms with Crippen LogP contribution in [0.25, 0.3) is 6.08 Å². The number of ether oxygens (including phenoxy) is 2. The van der Waals surface area contributed by atoms with Gasteiger partial charge in [0.15, 0.2) is 6.23 Å². The molecule has 1 unspecified atom stereocenters. The highest BCUT2D eigenvalue weighted by molar-refractivity contribution is 5.46. The van der Waals surface area contributed by atoms with Crippen LogP contribution in [0.4, 0.5) is 0 Å². The molecule has 1 aliphatic rings. The molecule has 1 aromatic heterocycles. The Bertz CT molecular complexity index is 813. The average molecular weight is 411 g/mol. The van der Waals surface area contributed by atoms with Crippen molar-refractivity contribution in [2.75, 3.05) is 13.7 Å². The van der Waals surface area contributed by atoms with Crippen LogP contribution in [0.5, 0.6) is 0 Å². The quantitative estimate of drug-likeness (QED) is 0.460. The molecule has 2 rings (SSSR count). The molecule has 0 aromatic carbocycles. The van der Waals surface area contributed by atoms with Crippen molar-refractivity contribution in [3.05, 3.63) is 38.7 Å². The standard InChI is InChI=1S/C20H33N3O6/c1-12(2)9-20(3,21)8-6-5-7-13-10-23(19(27)22-17(13)26)18-16(28-4)15(25)14(11-24)29-18/h5,7,10,12,14-16,18,24-25H,6,8-9,11,21H2,1-4H3,(H,22,26,27)/t14-,15-,16-,18-,20?/m1/s1. The van der Waals surface area contributed by atoms with E-state index in [1.807, 2.05) is 13.0 Å². The second-order valence-corrected chi connectivity index (χ2v) is 8.38. The number of nitrogens with zero attached hydrogens (tertiary/aromatic N) is 1. The number of H-pyrrole nitrogens is 1. The zero-order valence-corrected chi connectivity index (χ0v) is 17.5. The zero-order chi connectivity index (χ0) is 21.8. The summed E-state index contributed by atoms with van der Waals surface area (Å²) in [5.41, 5.74) is 5.08. The van der Waals surface area contributed by atoms with Gasteiger partial charge in [-0.1, -0.05) is 26.0 Å². The Labute approximate surface area is 170 Å². The molecule has 164 valence electrons. The lowest BCUT2D eigenvalue weighted by atomic mass is 9.87. The lowest BCUT2D eigenvalue weighted by Crippen LogP contribution is -2.39. The highest BCUT2D eigenvalue weighted by Gasteiger charge is 2.45. The second kappa shape index (κ2) is 9.82. The molecule has 1 saturated heterocycles. The molecule has 0 bridgehead atoms. The molecule has 5 atom stereocenters. The highest BCUT2D eigenvalue weighted by atomic mass is 16.6. The van der Waals surface area contributed by atoms with E-state index in [0.29, 0.717) is 12.3 Å². The van der Waals surface area contributed by atoms with Crippen LogP contribution >= 0.6 is 0 Å². The van der Waals surface area contributed by atoms with E-state index in [1.165, 1.54) is 17.9 Å². The van der Waals surface area contributed by atoms with Crippen LogP contribution in [-0.4, -0.2) is 57.3 Å². The summed E-state index contributed by atoms with van der Waals surface area (Å²) in [5, 5.41) is 19.5. The molecular formula is C20H33N3O6. The fourth-order valence-electron chi connectivity index (χ4n) is 3.81. The van der Waals surface area contributed by atoms with E-state index in [2.05, 4.69) is 18.8 Å². The third-order valence-corrected chi connectivity index (χ3v) is 5.09. The Balaban J connectivity index is 2.19. The van der Waals surface area contributed by atoms with Crippen molar-refractivity contribution >= 4 is 6.08 Å². The van der Waals surface area contributed by atoms with Gasteiger partial charge >= 0.3 is 5.69 Å². The number of allylic oxidation sites excluding steroid dienone is 1. The number of aliphatic hydroxyl groups excluding tert-OH is 2. The Hall–Kier alpha value is -1.78. The van der Waals surface area contributed by atoms with E-state index in [4.69, 9.17) is 15.2 Å². The summed E-state index contributed by atoms with van der Waals surface area (Å²) in [6.07, 6.45) is 3.39. The largest absolute Gasteiger partial charge is 0.394 e. The van der Waals surface area contributed by atoms with Crippen molar-refractivity contribution < 1.29 is 19.7 Å². The molecule has 29 heavy (non-hydrogen) atoms. The predicted molar refractivity (Wildman–Crippen MR) is 109 cm³/mol. The number of hydrogen-bond donors (Lipinski definition) is 4. The topological polar surface area (TPSA) is 140 Å². The van der Waals surface area contributed by atoms with Crippen molar-refractivity contribution in [3.63, 3.8) is 0 Å². The van der Waals surface area contributed by atoms with Gasteiger partial charge in [0.05, 0.1) is 12.2 Å². The zero-order valence-electron chi connectivity index (χ0n) is 17.5. The first-order valence-corrected chi connectivity index (χ1v) is 9.87. The Morgan fingerprint density at radius 3 is 2.72 bits per heavy atom. The minimum atomic E-state index is -1.10. The van der Waals surface area contributed by atoms with Crippen molar-refractivity contribution in [1.29, 1.82) is 0 Å². The Kier molecular flexibility index (Phi) is 7.95. The van der Waals surface area contributed by atoms with Gasteiger partial charge in [-0.15, -0.1) is 0 Å². The third kappa shape index (κ3) is 5.86. The fourth-order valence-corrected chi connectivity index (χ4v) is 3.81. The monoisotopic (exact) mass is 411 g/mol. The van der Waals surface area contributed by atoms with Crippen LogP contribution in [0.2, 0.25) is 0 Å². The number of nitrogens with two attached hydrogens (primary N) is 1. The van der Waals surface area contributed by atoms with Gasteiger partial charge in [0, 0.05) is 18.8 Å². The van der Waals surface area contributed by atoms with Gasteiger partial charge in [-0.3, -0.25) is 14.3 Å². The van der Waals surface area contributed by atoms with E-state index in [9.17, 15) is 19.8 Å². The van der Waals surface area contributed by atoms with E-state index in [1.54, 1.807) is 6.08 Å². The summed E-state index contributed by atoms with van der Waals surface area (Å²) < 4.78 is 12.0. The number of nitrogens with one attached hydrogen (secondary N) is 1. The van der Waals surface area contributed by atoms with E-state index >= 15 is 0 Å². The van der Waals surface area contributed by atoms with Gasteiger partial charge in [-0.05, 0) is 32.1 Å². The van der Waals surface area contributed by atoms with E-state index in [-0.39, 0.29) is 11.1 Å². The normalized spacial score (nSPS) is 27.0. The smallest absolute Gasteiger partial charge is 0.330 e. The minimum Gasteiger partial charge on any atom is -0.394 e. The molecule has 1 fully saturated rings. The van der Waals surface area contributed by atoms with Gasteiger partial charge in [0.25, 0.3) is 5.56 Å². The maximum atomic E-state index is 12.3. The average Bonchev–Trinajstić information content (AvgIpc) is 2.94. The molecular weight excluding hydrogens is 378 g/mol. The van der Waals surface area contributed by atoms with Crippen LogP contribution in [0.1, 0.15) is 51.8 Å². The highest BCUT2D eigenvalue weighted by Crippen LogP contribution is 2.30. The van der Waals surface area contributed by atoms with Crippen LogP contribution in [0, 0.1) is 5.92 Å². The maximum Gasteiger partial charge on any atom is 0.330 e. The van der Waals surface area contributed by atoms with Crippen molar-refractivity contribution in [2.24, 2.45) is 11.7 Å². The van der Waals surface area contributed by atoms with Crippen LogP contribution in [-0.2, 0) is 9.47 Å². The van der Waals surface area contributed by atoms with Gasteiger partial charge in [-0.2, -0.15) is 0 Å². The molecule has 0 aliphatic carbocycles. The number of methoxy groups -OCH3 is 1. The minimum absolute atomic E-state index is 0.271. The summed E-state index contributed by atoms with van der Waals surface area (Å²) in [5.74, 6) is 0.499. The summed E-state index contributed by atoms with van der Waals surface area (Å²) in [6.45, 7) is 5.84.